The second-order valence-corrected chi connectivity index (χ2v) is 5.97. The lowest BCUT2D eigenvalue weighted by atomic mass is 10.3. The van der Waals surface area contributed by atoms with Crippen molar-refractivity contribution in [2.75, 3.05) is 18.4 Å². The number of nitrogens with zero attached hydrogens (tertiary/aromatic N) is 2. The minimum Gasteiger partial charge on any atom is -0.472 e. The number of para-hydroxylation sites is 1. The molecule has 0 bridgehead atoms. The van der Waals surface area contributed by atoms with E-state index in [1.54, 1.807) is 23.2 Å². The minimum absolute atomic E-state index is 0.0396. The van der Waals surface area contributed by atoms with E-state index in [0.717, 1.165) is 12.0 Å². The third kappa shape index (κ3) is 3.93. The third-order valence-electron chi connectivity index (χ3n) is 3.72. The van der Waals surface area contributed by atoms with Crippen LogP contribution in [0.5, 0.6) is 5.88 Å². The van der Waals surface area contributed by atoms with Crippen LogP contribution in [0.2, 0.25) is 5.02 Å². The number of aromatic nitrogens is 1. The summed E-state index contributed by atoms with van der Waals surface area (Å²) in [5.74, 6) is 0.592. The normalized spacial score (nSPS) is 17.1. The van der Waals surface area contributed by atoms with Crippen LogP contribution in [0.15, 0.2) is 42.6 Å². The maximum Gasteiger partial charge on any atom is 0.322 e. The van der Waals surface area contributed by atoms with Crippen molar-refractivity contribution in [1.29, 1.82) is 0 Å². The van der Waals surface area contributed by atoms with E-state index in [1.807, 2.05) is 31.2 Å². The highest BCUT2D eigenvalue weighted by atomic mass is 35.5. The van der Waals surface area contributed by atoms with Gasteiger partial charge < -0.3 is 15.0 Å². The zero-order valence-corrected chi connectivity index (χ0v) is 13.6. The van der Waals surface area contributed by atoms with Crippen LogP contribution in [0.25, 0.3) is 0 Å². The second-order valence-electron chi connectivity index (χ2n) is 5.56. The van der Waals surface area contributed by atoms with Crippen LogP contribution in [0, 0.1) is 6.92 Å². The molecule has 5 nitrogen and oxygen atoms in total. The van der Waals surface area contributed by atoms with Gasteiger partial charge in [-0.15, -0.1) is 0 Å². The Kier molecular flexibility index (Phi) is 4.67. The SMILES string of the molecule is Cc1ccc(OC2CCN(C(=O)Nc3ccccc3Cl)C2)nc1. The maximum atomic E-state index is 12.3. The summed E-state index contributed by atoms with van der Waals surface area (Å²) < 4.78 is 5.83. The monoisotopic (exact) mass is 331 g/mol. The van der Waals surface area contributed by atoms with E-state index >= 15 is 0 Å². The summed E-state index contributed by atoms with van der Waals surface area (Å²) in [4.78, 5) is 18.3. The molecule has 1 aliphatic heterocycles. The number of amides is 2. The number of carbonyl (C=O) groups is 1. The first kappa shape index (κ1) is 15.6. The van der Waals surface area contributed by atoms with Crippen molar-refractivity contribution in [3.8, 4) is 5.88 Å². The average molecular weight is 332 g/mol. The van der Waals surface area contributed by atoms with Gasteiger partial charge in [-0.05, 0) is 24.6 Å². The molecular weight excluding hydrogens is 314 g/mol. The number of benzene rings is 1. The fraction of sp³-hybridized carbons (Fsp3) is 0.294. The summed E-state index contributed by atoms with van der Waals surface area (Å²) in [6.07, 6.45) is 2.51. The number of halogens is 1. The Morgan fingerprint density at radius 3 is 2.91 bits per heavy atom. The fourth-order valence-electron chi connectivity index (χ4n) is 2.46. The van der Waals surface area contributed by atoms with Crippen LogP contribution in [0.3, 0.4) is 0 Å². The standard InChI is InChI=1S/C17H18ClN3O2/c1-12-6-7-16(19-10-12)23-13-8-9-21(11-13)17(22)20-15-5-3-2-4-14(15)18/h2-7,10,13H,8-9,11H2,1H3,(H,20,22). The van der Waals surface area contributed by atoms with Gasteiger partial charge in [-0.3, -0.25) is 0 Å². The van der Waals surface area contributed by atoms with Crippen molar-refractivity contribution in [3.05, 3.63) is 53.2 Å². The van der Waals surface area contributed by atoms with Crippen molar-refractivity contribution in [3.63, 3.8) is 0 Å². The summed E-state index contributed by atoms with van der Waals surface area (Å²) >= 11 is 6.06. The van der Waals surface area contributed by atoms with Crippen molar-refractivity contribution in [2.24, 2.45) is 0 Å². The van der Waals surface area contributed by atoms with E-state index in [4.69, 9.17) is 16.3 Å². The predicted molar refractivity (Wildman–Crippen MR) is 90.1 cm³/mol. The topological polar surface area (TPSA) is 54.5 Å². The summed E-state index contributed by atoms with van der Waals surface area (Å²) in [6.45, 7) is 3.16. The molecule has 0 aliphatic carbocycles. The molecule has 1 aliphatic rings. The number of likely N-dealkylation sites (tertiary alicyclic amines) is 1. The molecule has 1 unspecified atom stereocenters. The molecule has 2 amide bonds. The molecule has 1 aromatic carbocycles. The smallest absolute Gasteiger partial charge is 0.322 e. The minimum atomic E-state index is -0.166. The maximum absolute atomic E-state index is 12.3. The quantitative estimate of drug-likeness (QED) is 0.932. The molecule has 120 valence electrons. The third-order valence-corrected chi connectivity index (χ3v) is 4.05. The Morgan fingerprint density at radius 1 is 1.35 bits per heavy atom. The summed E-state index contributed by atoms with van der Waals surface area (Å²) in [6, 6.07) is 10.8. The van der Waals surface area contributed by atoms with Gasteiger partial charge in [0.2, 0.25) is 5.88 Å². The van der Waals surface area contributed by atoms with Crippen LogP contribution in [-0.4, -0.2) is 35.1 Å². The first-order valence-corrected chi connectivity index (χ1v) is 7.89. The van der Waals surface area contributed by atoms with E-state index in [9.17, 15) is 4.79 Å². The van der Waals surface area contributed by atoms with Gasteiger partial charge >= 0.3 is 6.03 Å². The van der Waals surface area contributed by atoms with Crippen LogP contribution in [0.4, 0.5) is 10.5 Å². The van der Waals surface area contributed by atoms with Gasteiger partial charge in [0, 0.05) is 25.2 Å². The molecule has 2 heterocycles. The second kappa shape index (κ2) is 6.87. The number of aryl methyl sites for hydroxylation is 1. The van der Waals surface area contributed by atoms with Crippen molar-refractivity contribution in [1.82, 2.24) is 9.88 Å². The molecule has 1 saturated heterocycles. The highest BCUT2D eigenvalue weighted by Gasteiger charge is 2.28. The van der Waals surface area contributed by atoms with E-state index in [0.29, 0.717) is 29.7 Å². The Labute approximate surface area is 140 Å². The van der Waals surface area contributed by atoms with Crippen LogP contribution in [-0.2, 0) is 0 Å². The Bertz CT molecular complexity index is 690. The van der Waals surface area contributed by atoms with Gasteiger partial charge in [0.05, 0.1) is 17.3 Å². The number of urea groups is 1. The lowest BCUT2D eigenvalue weighted by Crippen LogP contribution is -2.34. The van der Waals surface area contributed by atoms with Gasteiger partial charge in [0.15, 0.2) is 0 Å². The summed E-state index contributed by atoms with van der Waals surface area (Å²) in [7, 11) is 0. The van der Waals surface area contributed by atoms with E-state index < -0.39 is 0 Å². The van der Waals surface area contributed by atoms with Crippen LogP contribution >= 0.6 is 11.6 Å². The average Bonchev–Trinajstić information content (AvgIpc) is 3.00. The molecule has 2 aromatic rings. The predicted octanol–water partition coefficient (Wildman–Crippen LogP) is 3.73. The molecule has 0 radical (unpaired) electrons. The molecule has 1 atom stereocenters. The van der Waals surface area contributed by atoms with Gasteiger partial charge in [-0.25, -0.2) is 9.78 Å². The van der Waals surface area contributed by atoms with Crippen molar-refractivity contribution >= 4 is 23.3 Å². The zero-order chi connectivity index (χ0) is 16.2. The lowest BCUT2D eigenvalue weighted by molar-refractivity contribution is 0.190. The number of hydrogen-bond donors (Lipinski definition) is 1. The molecule has 1 aromatic heterocycles. The summed E-state index contributed by atoms with van der Waals surface area (Å²) in [5, 5.41) is 3.35. The lowest BCUT2D eigenvalue weighted by Gasteiger charge is -2.18. The zero-order valence-electron chi connectivity index (χ0n) is 12.8. The largest absolute Gasteiger partial charge is 0.472 e. The first-order valence-electron chi connectivity index (χ1n) is 7.51. The molecular formula is C17H18ClN3O2. The number of hydrogen-bond acceptors (Lipinski definition) is 3. The number of pyridine rings is 1. The van der Waals surface area contributed by atoms with Crippen molar-refractivity contribution in [2.45, 2.75) is 19.4 Å². The molecule has 0 saturated carbocycles. The van der Waals surface area contributed by atoms with Crippen LogP contribution < -0.4 is 10.1 Å². The number of nitrogens with one attached hydrogen (secondary N) is 1. The number of carbonyl (C=O) groups excluding carboxylic acids is 1. The van der Waals surface area contributed by atoms with E-state index in [2.05, 4.69) is 10.3 Å². The molecule has 23 heavy (non-hydrogen) atoms. The Balaban J connectivity index is 1.55. The number of anilines is 1. The Hall–Kier alpha value is -2.27. The number of ether oxygens (including phenoxy) is 1. The highest BCUT2D eigenvalue weighted by molar-refractivity contribution is 6.33. The van der Waals surface area contributed by atoms with E-state index in [-0.39, 0.29) is 12.1 Å². The number of rotatable bonds is 3. The fourth-order valence-corrected chi connectivity index (χ4v) is 2.64. The van der Waals surface area contributed by atoms with Crippen LogP contribution in [0.1, 0.15) is 12.0 Å². The van der Waals surface area contributed by atoms with Gasteiger partial charge in [-0.1, -0.05) is 29.8 Å². The molecule has 1 N–H and O–H groups in total. The van der Waals surface area contributed by atoms with Crippen molar-refractivity contribution < 1.29 is 9.53 Å². The Morgan fingerprint density at radius 2 is 2.17 bits per heavy atom. The highest BCUT2D eigenvalue weighted by Crippen LogP contribution is 2.22. The molecule has 0 spiro atoms. The first-order chi connectivity index (χ1) is 11.1. The van der Waals surface area contributed by atoms with Gasteiger partial charge in [0.1, 0.15) is 6.10 Å². The van der Waals surface area contributed by atoms with Gasteiger partial charge in [-0.2, -0.15) is 0 Å². The molecule has 1 fully saturated rings. The van der Waals surface area contributed by atoms with Gasteiger partial charge in [0.25, 0.3) is 0 Å². The molecule has 6 heteroatoms. The molecule has 3 rings (SSSR count). The summed E-state index contributed by atoms with van der Waals surface area (Å²) in [5.41, 5.74) is 1.70. The van der Waals surface area contributed by atoms with E-state index in [1.165, 1.54) is 0 Å².